The van der Waals surface area contributed by atoms with Gasteiger partial charge in [0, 0.05) is 18.0 Å². The predicted octanol–water partition coefficient (Wildman–Crippen LogP) is 2.60. The molecule has 1 saturated heterocycles. The van der Waals surface area contributed by atoms with Crippen LogP contribution in [0.2, 0.25) is 0 Å². The topological polar surface area (TPSA) is 15.3 Å². The van der Waals surface area contributed by atoms with E-state index in [4.69, 9.17) is 0 Å². The summed E-state index contributed by atoms with van der Waals surface area (Å²) in [5.74, 6) is 0.851. The number of hydrogen-bond acceptors (Lipinski definition) is 3. The first kappa shape index (κ1) is 14.0. The van der Waals surface area contributed by atoms with Crippen molar-refractivity contribution < 1.29 is 0 Å². The quantitative estimate of drug-likeness (QED) is 0.895. The molecule has 1 unspecified atom stereocenters. The fourth-order valence-corrected chi connectivity index (χ4v) is 3.04. The summed E-state index contributed by atoms with van der Waals surface area (Å²) >= 11 is 1.86. The molecule has 1 aromatic rings. The number of thiophene rings is 1. The Labute approximate surface area is 108 Å². The molecule has 0 saturated carbocycles. The molecule has 0 aromatic carbocycles. The van der Waals surface area contributed by atoms with Crippen LogP contribution in [0.1, 0.15) is 17.7 Å². The monoisotopic (exact) mass is 260 g/mol. The van der Waals surface area contributed by atoms with E-state index in [1.54, 1.807) is 0 Å². The van der Waals surface area contributed by atoms with Gasteiger partial charge in [0.25, 0.3) is 0 Å². The maximum absolute atomic E-state index is 3.47. The Balaban J connectivity index is 0.00000128. The van der Waals surface area contributed by atoms with Crippen LogP contribution in [0.15, 0.2) is 17.5 Å². The van der Waals surface area contributed by atoms with Crippen LogP contribution in [-0.2, 0) is 6.54 Å². The first-order valence-corrected chi connectivity index (χ1v) is 6.64. The van der Waals surface area contributed by atoms with Crippen LogP contribution in [0.4, 0.5) is 0 Å². The zero-order valence-corrected chi connectivity index (χ0v) is 11.4. The van der Waals surface area contributed by atoms with E-state index >= 15 is 0 Å². The van der Waals surface area contributed by atoms with Crippen LogP contribution in [0, 0.1) is 5.92 Å². The van der Waals surface area contributed by atoms with Gasteiger partial charge < -0.3 is 10.2 Å². The predicted molar refractivity (Wildman–Crippen MR) is 73.5 cm³/mol. The van der Waals surface area contributed by atoms with Crippen molar-refractivity contribution in [2.24, 2.45) is 5.92 Å². The molecular weight excluding hydrogens is 240 g/mol. The largest absolute Gasteiger partial charge is 0.316 e. The fraction of sp³-hybridized carbons (Fsp3) is 0.667. The minimum atomic E-state index is 0. The number of rotatable bonds is 4. The van der Waals surface area contributed by atoms with Crippen molar-refractivity contribution >= 4 is 23.7 Å². The molecule has 0 amide bonds. The molecule has 0 bridgehead atoms. The Morgan fingerprint density at radius 3 is 3.06 bits per heavy atom. The van der Waals surface area contributed by atoms with Gasteiger partial charge >= 0.3 is 0 Å². The third-order valence-corrected chi connectivity index (χ3v) is 3.84. The summed E-state index contributed by atoms with van der Waals surface area (Å²) in [5, 5.41) is 5.63. The lowest BCUT2D eigenvalue weighted by molar-refractivity contribution is 0.239. The van der Waals surface area contributed by atoms with Gasteiger partial charge in [0.05, 0.1) is 0 Å². The second kappa shape index (κ2) is 7.28. The van der Waals surface area contributed by atoms with E-state index in [1.165, 1.54) is 37.4 Å². The average Bonchev–Trinajstić information content (AvgIpc) is 2.71. The first-order chi connectivity index (χ1) is 7.34. The van der Waals surface area contributed by atoms with Crippen molar-refractivity contribution in [3.8, 4) is 0 Å². The van der Waals surface area contributed by atoms with Gasteiger partial charge in [0.2, 0.25) is 0 Å². The minimum Gasteiger partial charge on any atom is -0.316 e. The fourth-order valence-electron chi connectivity index (χ4n) is 2.25. The number of nitrogens with one attached hydrogen (secondary N) is 1. The van der Waals surface area contributed by atoms with Gasteiger partial charge in [-0.2, -0.15) is 0 Å². The molecule has 0 radical (unpaired) electrons. The molecule has 1 aliphatic heterocycles. The number of piperidine rings is 1. The Hall–Kier alpha value is -0.0900. The van der Waals surface area contributed by atoms with Crippen LogP contribution in [0.25, 0.3) is 0 Å². The molecule has 0 spiro atoms. The molecule has 1 N–H and O–H groups in total. The van der Waals surface area contributed by atoms with Crippen molar-refractivity contribution in [1.29, 1.82) is 0 Å². The lowest BCUT2D eigenvalue weighted by Gasteiger charge is -2.27. The van der Waals surface area contributed by atoms with Gasteiger partial charge in [0.1, 0.15) is 0 Å². The highest BCUT2D eigenvalue weighted by Gasteiger charge is 2.14. The smallest absolute Gasteiger partial charge is 0.0324 e. The van der Waals surface area contributed by atoms with Crippen LogP contribution in [-0.4, -0.2) is 31.6 Å². The van der Waals surface area contributed by atoms with E-state index in [0.717, 1.165) is 12.5 Å². The van der Waals surface area contributed by atoms with Crippen molar-refractivity contribution in [3.63, 3.8) is 0 Å². The summed E-state index contributed by atoms with van der Waals surface area (Å²) in [6.07, 6.45) is 2.74. The van der Waals surface area contributed by atoms with Crippen LogP contribution in [0.5, 0.6) is 0 Å². The standard InChI is InChI=1S/C12H20N2S.ClH/c1-14(10-12-5-3-7-15-12)9-11-4-2-6-13-8-11;/h3,5,7,11,13H,2,4,6,8-10H2,1H3;1H. The number of halogens is 1. The molecule has 2 nitrogen and oxygen atoms in total. The highest BCUT2D eigenvalue weighted by Crippen LogP contribution is 2.15. The zero-order valence-electron chi connectivity index (χ0n) is 9.82. The Bertz CT molecular complexity index is 271. The normalized spacial score (nSPS) is 20.8. The maximum atomic E-state index is 3.47. The summed E-state index contributed by atoms with van der Waals surface area (Å²) in [6, 6.07) is 4.36. The van der Waals surface area contributed by atoms with E-state index in [9.17, 15) is 0 Å². The van der Waals surface area contributed by atoms with E-state index < -0.39 is 0 Å². The zero-order chi connectivity index (χ0) is 10.5. The van der Waals surface area contributed by atoms with Crippen LogP contribution >= 0.6 is 23.7 Å². The lowest BCUT2D eigenvalue weighted by Crippen LogP contribution is -2.36. The summed E-state index contributed by atoms with van der Waals surface area (Å²) < 4.78 is 0. The Morgan fingerprint density at radius 2 is 2.44 bits per heavy atom. The van der Waals surface area contributed by atoms with E-state index in [2.05, 4.69) is 34.8 Å². The van der Waals surface area contributed by atoms with Crippen molar-refractivity contribution in [3.05, 3.63) is 22.4 Å². The third kappa shape index (κ3) is 4.42. The van der Waals surface area contributed by atoms with Crippen molar-refractivity contribution in [2.45, 2.75) is 19.4 Å². The molecule has 1 atom stereocenters. The summed E-state index contributed by atoms with van der Waals surface area (Å²) in [5.41, 5.74) is 0. The number of hydrogen-bond donors (Lipinski definition) is 1. The molecule has 0 aliphatic carbocycles. The molecule has 1 fully saturated rings. The highest BCUT2D eigenvalue weighted by molar-refractivity contribution is 7.09. The van der Waals surface area contributed by atoms with E-state index in [0.29, 0.717) is 0 Å². The van der Waals surface area contributed by atoms with Crippen molar-refractivity contribution in [2.75, 3.05) is 26.7 Å². The summed E-state index contributed by atoms with van der Waals surface area (Å²) in [4.78, 5) is 3.92. The second-order valence-corrected chi connectivity index (χ2v) is 5.52. The van der Waals surface area contributed by atoms with Gasteiger partial charge in [-0.25, -0.2) is 0 Å². The van der Waals surface area contributed by atoms with Crippen LogP contribution in [0.3, 0.4) is 0 Å². The SMILES string of the molecule is CN(Cc1cccs1)CC1CCCNC1.Cl. The van der Waals surface area contributed by atoms with Gasteiger partial charge in [-0.05, 0) is 50.3 Å². The minimum absolute atomic E-state index is 0. The molecule has 2 heterocycles. The van der Waals surface area contributed by atoms with Crippen molar-refractivity contribution in [1.82, 2.24) is 10.2 Å². The van der Waals surface area contributed by atoms with Gasteiger partial charge in [0.15, 0.2) is 0 Å². The summed E-state index contributed by atoms with van der Waals surface area (Å²) in [6.45, 7) is 4.75. The molecule has 4 heteroatoms. The Morgan fingerprint density at radius 1 is 1.56 bits per heavy atom. The number of nitrogens with zero attached hydrogens (tertiary/aromatic N) is 1. The lowest BCUT2D eigenvalue weighted by atomic mass is 9.99. The molecule has 16 heavy (non-hydrogen) atoms. The summed E-state index contributed by atoms with van der Waals surface area (Å²) in [7, 11) is 2.23. The molecule has 92 valence electrons. The highest BCUT2D eigenvalue weighted by atomic mass is 35.5. The van der Waals surface area contributed by atoms with Gasteiger partial charge in [-0.1, -0.05) is 6.07 Å². The third-order valence-electron chi connectivity index (χ3n) is 2.97. The first-order valence-electron chi connectivity index (χ1n) is 5.76. The average molecular weight is 261 g/mol. The van der Waals surface area contributed by atoms with Crippen LogP contribution < -0.4 is 5.32 Å². The molecule has 1 aromatic heterocycles. The molecule has 1 aliphatic rings. The molecule has 2 rings (SSSR count). The maximum Gasteiger partial charge on any atom is 0.0324 e. The van der Waals surface area contributed by atoms with Gasteiger partial charge in [-0.3, -0.25) is 0 Å². The second-order valence-electron chi connectivity index (χ2n) is 4.49. The molecular formula is C12H21ClN2S. The van der Waals surface area contributed by atoms with E-state index in [-0.39, 0.29) is 12.4 Å². The van der Waals surface area contributed by atoms with E-state index in [1.807, 2.05) is 11.3 Å². The van der Waals surface area contributed by atoms with Gasteiger partial charge in [-0.15, -0.1) is 23.7 Å². The Kier molecular flexibility index (Phi) is 6.36.